The van der Waals surface area contributed by atoms with Crippen LogP contribution in [-0.2, 0) is 22.6 Å². The van der Waals surface area contributed by atoms with Gasteiger partial charge < -0.3 is 10.2 Å². The highest BCUT2D eigenvalue weighted by atomic mass is 35.5. The second-order valence-electron chi connectivity index (χ2n) is 6.54. The van der Waals surface area contributed by atoms with Crippen molar-refractivity contribution in [1.82, 2.24) is 10.2 Å². The van der Waals surface area contributed by atoms with Gasteiger partial charge in [0.25, 0.3) is 0 Å². The number of carbonyl (C=O) groups excluding carboxylic acids is 2. The Morgan fingerprint density at radius 2 is 1.96 bits per heavy atom. The smallest absolute Gasteiger partial charge is 0.225 e. The molecule has 3 rings (SSSR count). The van der Waals surface area contributed by atoms with Gasteiger partial charge in [-0.15, -0.1) is 0 Å². The van der Waals surface area contributed by atoms with E-state index in [-0.39, 0.29) is 30.6 Å². The first-order valence-electron chi connectivity index (χ1n) is 8.67. The summed E-state index contributed by atoms with van der Waals surface area (Å²) in [5.74, 6) is -1.09. The fourth-order valence-electron chi connectivity index (χ4n) is 3.12. The van der Waals surface area contributed by atoms with Crippen LogP contribution < -0.4 is 5.32 Å². The normalized spacial score (nSPS) is 16.6. The molecule has 1 heterocycles. The largest absolute Gasteiger partial charge is 0.355 e. The van der Waals surface area contributed by atoms with Gasteiger partial charge in [0, 0.05) is 41.7 Å². The lowest BCUT2D eigenvalue weighted by molar-refractivity contribution is -0.129. The second kappa shape index (κ2) is 8.72. The first-order chi connectivity index (χ1) is 12.9. The Kier molecular flexibility index (Phi) is 6.34. The summed E-state index contributed by atoms with van der Waals surface area (Å²) in [4.78, 5) is 26.1. The predicted octanol–water partition coefficient (Wildman–Crippen LogP) is 3.84. The van der Waals surface area contributed by atoms with Crippen molar-refractivity contribution in [2.75, 3.05) is 13.1 Å². The Labute approximate surface area is 167 Å². The minimum Gasteiger partial charge on any atom is -0.355 e. The topological polar surface area (TPSA) is 49.4 Å². The van der Waals surface area contributed by atoms with Crippen molar-refractivity contribution in [2.45, 2.75) is 19.4 Å². The summed E-state index contributed by atoms with van der Waals surface area (Å²) in [6.45, 7) is 0.883. The van der Waals surface area contributed by atoms with Crippen molar-refractivity contribution >= 4 is 35.0 Å². The maximum Gasteiger partial charge on any atom is 0.225 e. The summed E-state index contributed by atoms with van der Waals surface area (Å²) in [6, 6.07) is 11.6. The number of hydrogen-bond donors (Lipinski definition) is 1. The number of amides is 2. The van der Waals surface area contributed by atoms with Crippen molar-refractivity contribution < 1.29 is 14.0 Å². The molecule has 0 spiro atoms. The number of rotatable bonds is 6. The molecule has 0 unspecified atom stereocenters. The van der Waals surface area contributed by atoms with Crippen LogP contribution in [0.3, 0.4) is 0 Å². The molecule has 2 aromatic carbocycles. The lowest BCUT2D eigenvalue weighted by Gasteiger charge is -2.17. The average Bonchev–Trinajstić information content (AvgIpc) is 2.99. The number of nitrogens with one attached hydrogen (secondary N) is 1. The quantitative estimate of drug-likeness (QED) is 0.788. The van der Waals surface area contributed by atoms with E-state index in [1.807, 2.05) is 6.07 Å². The van der Waals surface area contributed by atoms with Crippen LogP contribution in [0.5, 0.6) is 0 Å². The lowest BCUT2D eigenvalue weighted by Crippen LogP contribution is -2.34. The highest BCUT2D eigenvalue weighted by Gasteiger charge is 2.34. The Bertz CT molecular complexity index is 860. The summed E-state index contributed by atoms with van der Waals surface area (Å²) in [5.41, 5.74) is 1.34. The van der Waals surface area contributed by atoms with Gasteiger partial charge in [-0.1, -0.05) is 47.5 Å². The van der Waals surface area contributed by atoms with Crippen LogP contribution in [0.15, 0.2) is 42.5 Å². The van der Waals surface area contributed by atoms with Crippen LogP contribution in [-0.4, -0.2) is 29.8 Å². The lowest BCUT2D eigenvalue weighted by atomic mass is 10.1. The standard InChI is InChI=1S/C20H19Cl2FN2O2/c21-16-6-5-13(17(22)10-16)7-8-24-20(27)15-9-19(26)25(12-15)11-14-3-1-2-4-18(14)23/h1-6,10,15H,7-9,11-12H2,(H,24,27)/t15-/m1/s1. The van der Waals surface area contributed by atoms with Crippen molar-refractivity contribution in [2.24, 2.45) is 5.92 Å². The Balaban J connectivity index is 1.51. The summed E-state index contributed by atoms with van der Waals surface area (Å²) in [6.07, 6.45) is 0.712. The van der Waals surface area contributed by atoms with Crippen LogP contribution in [0.1, 0.15) is 17.5 Å². The molecule has 0 aromatic heterocycles. The van der Waals surface area contributed by atoms with Crippen LogP contribution in [0, 0.1) is 11.7 Å². The molecule has 1 atom stereocenters. The SMILES string of the molecule is O=C(NCCc1ccc(Cl)cc1Cl)[C@@H]1CC(=O)N(Cc2ccccc2F)C1. The van der Waals surface area contributed by atoms with E-state index in [2.05, 4.69) is 5.32 Å². The predicted molar refractivity (Wildman–Crippen MR) is 103 cm³/mol. The molecular formula is C20H19Cl2FN2O2. The van der Waals surface area contributed by atoms with E-state index in [1.54, 1.807) is 30.3 Å². The van der Waals surface area contributed by atoms with Gasteiger partial charge in [0.1, 0.15) is 5.82 Å². The summed E-state index contributed by atoms with van der Waals surface area (Å²) >= 11 is 12.0. The zero-order valence-electron chi connectivity index (χ0n) is 14.6. The maximum absolute atomic E-state index is 13.8. The van der Waals surface area contributed by atoms with Crippen molar-refractivity contribution in [3.8, 4) is 0 Å². The third-order valence-electron chi connectivity index (χ3n) is 4.61. The van der Waals surface area contributed by atoms with Crippen molar-refractivity contribution in [1.29, 1.82) is 0 Å². The molecule has 1 fully saturated rings. The molecule has 0 bridgehead atoms. The fraction of sp³-hybridized carbons (Fsp3) is 0.300. The Morgan fingerprint density at radius 3 is 2.70 bits per heavy atom. The molecule has 0 aliphatic carbocycles. The molecule has 4 nitrogen and oxygen atoms in total. The molecule has 2 amide bonds. The van der Waals surface area contributed by atoms with Gasteiger partial charge in [-0.05, 0) is 30.2 Å². The first kappa shape index (κ1) is 19.6. The van der Waals surface area contributed by atoms with Crippen LogP contribution in [0.2, 0.25) is 10.0 Å². The second-order valence-corrected chi connectivity index (χ2v) is 7.39. The molecule has 27 heavy (non-hydrogen) atoms. The number of likely N-dealkylation sites (tertiary alicyclic amines) is 1. The van der Waals surface area contributed by atoms with Gasteiger partial charge >= 0.3 is 0 Å². The molecule has 1 aliphatic heterocycles. The summed E-state index contributed by atoms with van der Waals surface area (Å²) < 4.78 is 13.8. The van der Waals surface area contributed by atoms with E-state index in [4.69, 9.17) is 23.2 Å². The monoisotopic (exact) mass is 408 g/mol. The number of nitrogens with zero attached hydrogens (tertiary/aromatic N) is 1. The van der Waals surface area contributed by atoms with E-state index in [9.17, 15) is 14.0 Å². The zero-order chi connectivity index (χ0) is 19.4. The fourth-order valence-corrected chi connectivity index (χ4v) is 3.62. The van der Waals surface area contributed by atoms with Crippen LogP contribution in [0.25, 0.3) is 0 Å². The molecule has 1 aliphatic rings. The van der Waals surface area contributed by atoms with Crippen molar-refractivity contribution in [3.05, 3.63) is 69.5 Å². The van der Waals surface area contributed by atoms with Crippen LogP contribution in [0.4, 0.5) is 4.39 Å². The molecule has 2 aromatic rings. The highest BCUT2D eigenvalue weighted by molar-refractivity contribution is 6.35. The van der Waals surface area contributed by atoms with E-state index >= 15 is 0 Å². The van der Waals surface area contributed by atoms with Gasteiger partial charge in [-0.25, -0.2) is 4.39 Å². The average molecular weight is 409 g/mol. The van der Waals surface area contributed by atoms with E-state index in [0.29, 0.717) is 35.1 Å². The molecule has 142 valence electrons. The minimum atomic E-state index is -0.426. The van der Waals surface area contributed by atoms with Gasteiger partial charge in [0.15, 0.2) is 0 Å². The molecule has 0 saturated carbocycles. The number of benzene rings is 2. The highest BCUT2D eigenvalue weighted by Crippen LogP contribution is 2.23. The number of hydrogen-bond acceptors (Lipinski definition) is 2. The summed E-state index contributed by atoms with van der Waals surface area (Å²) in [5, 5.41) is 3.97. The van der Waals surface area contributed by atoms with Crippen LogP contribution >= 0.6 is 23.2 Å². The Morgan fingerprint density at radius 1 is 1.19 bits per heavy atom. The number of carbonyl (C=O) groups is 2. The van der Waals surface area contributed by atoms with Gasteiger partial charge in [-0.3, -0.25) is 9.59 Å². The third kappa shape index (κ3) is 4.99. The Hall–Kier alpha value is -2.11. The number of halogens is 3. The van der Waals surface area contributed by atoms with Gasteiger partial charge in [0.05, 0.1) is 5.92 Å². The molecule has 0 radical (unpaired) electrons. The van der Waals surface area contributed by atoms with Crippen molar-refractivity contribution in [3.63, 3.8) is 0 Å². The molecular weight excluding hydrogens is 390 g/mol. The molecule has 7 heteroatoms. The summed E-state index contributed by atoms with van der Waals surface area (Å²) in [7, 11) is 0. The maximum atomic E-state index is 13.8. The minimum absolute atomic E-state index is 0.140. The third-order valence-corrected chi connectivity index (χ3v) is 5.20. The van der Waals surface area contributed by atoms with E-state index < -0.39 is 5.92 Å². The zero-order valence-corrected chi connectivity index (χ0v) is 16.1. The van der Waals surface area contributed by atoms with E-state index in [1.165, 1.54) is 11.0 Å². The van der Waals surface area contributed by atoms with Gasteiger partial charge in [-0.2, -0.15) is 0 Å². The van der Waals surface area contributed by atoms with Gasteiger partial charge in [0.2, 0.25) is 11.8 Å². The molecule has 1 N–H and O–H groups in total. The first-order valence-corrected chi connectivity index (χ1v) is 9.42. The molecule has 1 saturated heterocycles. The van der Waals surface area contributed by atoms with E-state index in [0.717, 1.165) is 5.56 Å².